The van der Waals surface area contributed by atoms with E-state index in [2.05, 4.69) is 16.8 Å². The molecule has 0 spiro atoms. The Labute approximate surface area is 126 Å². The Morgan fingerprint density at radius 3 is 2.70 bits per heavy atom. The highest BCUT2D eigenvalue weighted by molar-refractivity contribution is 6.31. The summed E-state index contributed by atoms with van der Waals surface area (Å²) in [5.41, 5.74) is 2.70. The van der Waals surface area contributed by atoms with Crippen molar-refractivity contribution in [2.75, 3.05) is 18.4 Å². The average Bonchev–Trinajstić information content (AvgIpc) is 2.40. The number of likely N-dealkylation sites (N-methyl/N-ethyl adjacent to an activating group) is 1. The molecule has 1 amide bonds. The van der Waals surface area contributed by atoms with Crippen LogP contribution in [0.2, 0.25) is 5.02 Å². The van der Waals surface area contributed by atoms with Crippen LogP contribution in [0.3, 0.4) is 0 Å². The molecule has 20 heavy (non-hydrogen) atoms. The van der Waals surface area contributed by atoms with Gasteiger partial charge in [0, 0.05) is 17.3 Å². The van der Waals surface area contributed by atoms with Gasteiger partial charge in [-0.2, -0.15) is 0 Å². The van der Waals surface area contributed by atoms with E-state index in [1.54, 1.807) is 0 Å². The first-order chi connectivity index (χ1) is 9.36. The molecule has 0 saturated heterocycles. The van der Waals surface area contributed by atoms with E-state index in [1.807, 2.05) is 45.9 Å². The molecule has 4 heteroatoms. The van der Waals surface area contributed by atoms with Gasteiger partial charge in [-0.3, -0.25) is 9.69 Å². The number of benzene rings is 1. The normalized spacial score (nSPS) is 12.3. The van der Waals surface area contributed by atoms with Gasteiger partial charge in [0.05, 0.1) is 6.04 Å². The Morgan fingerprint density at radius 2 is 2.15 bits per heavy atom. The van der Waals surface area contributed by atoms with Crippen LogP contribution >= 0.6 is 11.6 Å². The summed E-state index contributed by atoms with van der Waals surface area (Å²) in [4.78, 5) is 14.4. The summed E-state index contributed by atoms with van der Waals surface area (Å²) in [6.07, 6.45) is 0. The van der Waals surface area contributed by atoms with E-state index in [0.717, 1.165) is 29.9 Å². The number of anilines is 1. The van der Waals surface area contributed by atoms with Gasteiger partial charge in [0.15, 0.2) is 0 Å². The van der Waals surface area contributed by atoms with Gasteiger partial charge in [0.2, 0.25) is 5.91 Å². The van der Waals surface area contributed by atoms with Crippen molar-refractivity contribution in [3.8, 4) is 0 Å². The van der Waals surface area contributed by atoms with Crippen molar-refractivity contribution in [2.24, 2.45) is 0 Å². The van der Waals surface area contributed by atoms with Crippen LogP contribution in [-0.2, 0) is 4.79 Å². The Hall–Kier alpha value is -1.32. The van der Waals surface area contributed by atoms with Crippen LogP contribution in [0.15, 0.2) is 30.4 Å². The summed E-state index contributed by atoms with van der Waals surface area (Å²) in [6, 6.07) is 5.30. The first-order valence-corrected chi connectivity index (χ1v) is 7.19. The van der Waals surface area contributed by atoms with E-state index in [1.165, 1.54) is 0 Å². The number of halogens is 1. The molecule has 1 unspecified atom stereocenters. The number of carbonyl (C=O) groups is 1. The number of amides is 1. The van der Waals surface area contributed by atoms with Crippen molar-refractivity contribution in [2.45, 2.75) is 33.7 Å². The molecular formula is C16H23ClN2O. The fourth-order valence-electron chi connectivity index (χ4n) is 2.02. The van der Waals surface area contributed by atoms with Gasteiger partial charge in [-0.25, -0.2) is 0 Å². The highest BCUT2D eigenvalue weighted by Crippen LogP contribution is 2.23. The molecule has 0 aliphatic heterocycles. The maximum Gasteiger partial charge on any atom is 0.241 e. The summed E-state index contributed by atoms with van der Waals surface area (Å²) in [7, 11) is 0. The Balaban J connectivity index is 2.79. The molecule has 0 aliphatic rings. The lowest BCUT2D eigenvalue weighted by atomic mass is 10.1. The monoisotopic (exact) mass is 294 g/mol. The van der Waals surface area contributed by atoms with Gasteiger partial charge in [0.1, 0.15) is 0 Å². The van der Waals surface area contributed by atoms with Gasteiger partial charge < -0.3 is 5.32 Å². The van der Waals surface area contributed by atoms with Crippen LogP contribution in [0.1, 0.15) is 26.3 Å². The van der Waals surface area contributed by atoms with Gasteiger partial charge in [-0.05, 0) is 45.0 Å². The predicted octanol–water partition coefficient (Wildman–Crippen LogP) is 3.87. The summed E-state index contributed by atoms with van der Waals surface area (Å²) < 4.78 is 0. The van der Waals surface area contributed by atoms with Crippen molar-refractivity contribution < 1.29 is 4.79 Å². The second-order valence-electron chi connectivity index (χ2n) is 5.10. The van der Waals surface area contributed by atoms with Gasteiger partial charge >= 0.3 is 0 Å². The highest BCUT2D eigenvalue weighted by atomic mass is 35.5. The molecule has 1 aromatic rings. The largest absolute Gasteiger partial charge is 0.324 e. The summed E-state index contributed by atoms with van der Waals surface area (Å²) >= 11 is 6.06. The minimum atomic E-state index is -0.213. The van der Waals surface area contributed by atoms with Gasteiger partial charge in [-0.15, -0.1) is 0 Å². The number of nitrogens with one attached hydrogen (secondary N) is 1. The first-order valence-electron chi connectivity index (χ1n) is 6.81. The maximum atomic E-state index is 12.3. The van der Waals surface area contributed by atoms with Crippen LogP contribution in [-0.4, -0.2) is 29.9 Å². The van der Waals surface area contributed by atoms with Crippen molar-refractivity contribution >= 4 is 23.2 Å². The van der Waals surface area contributed by atoms with Crippen molar-refractivity contribution in [3.05, 3.63) is 40.9 Å². The molecule has 0 radical (unpaired) electrons. The second kappa shape index (κ2) is 7.46. The molecule has 1 aromatic carbocycles. The van der Waals surface area contributed by atoms with E-state index in [9.17, 15) is 4.79 Å². The highest BCUT2D eigenvalue weighted by Gasteiger charge is 2.20. The molecule has 0 aromatic heterocycles. The molecule has 110 valence electrons. The third-order valence-electron chi connectivity index (χ3n) is 3.33. The first kappa shape index (κ1) is 16.7. The standard InChI is InChI=1S/C16H23ClN2O/c1-6-19(10-11(2)3)13(5)16(20)18-15-9-7-8-14(17)12(15)4/h7-9,13H,2,6,10H2,1,3-5H3,(H,18,20). The number of nitrogens with zero attached hydrogens (tertiary/aromatic N) is 1. The zero-order valence-corrected chi connectivity index (χ0v) is 13.4. The fourth-order valence-corrected chi connectivity index (χ4v) is 2.19. The third-order valence-corrected chi connectivity index (χ3v) is 3.74. The van der Waals surface area contributed by atoms with Crippen LogP contribution in [0.4, 0.5) is 5.69 Å². The minimum absolute atomic E-state index is 0.0292. The molecule has 1 rings (SSSR count). The van der Waals surface area contributed by atoms with Crippen molar-refractivity contribution in [1.29, 1.82) is 0 Å². The van der Waals surface area contributed by atoms with Crippen molar-refractivity contribution in [3.63, 3.8) is 0 Å². The van der Waals surface area contributed by atoms with E-state index < -0.39 is 0 Å². The zero-order valence-electron chi connectivity index (χ0n) is 12.7. The molecule has 0 aliphatic carbocycles. The number of hydrogen-bond donors (Lipinski definition) is 1. The molecular weight excluding hydrogens is 272 g/mol. The Morgan fingerprint density at radius 1 is 1.50 bits per heavy atom. The maximum absolute atomic E-state index is 12.3. The SMILES string of the molecule is C=C(C)CN(CC)C(C)C(=O)Nc1cccc(Cl)c1C. The van der Waals surface area contributed by atoms with Crippen LogP contribution in [0, 0.1) is 6.92 Å². The topological polar surface area (TPSA) is 32.3 Å². The molecule has 3 nitrogen and oxygen atoms in total. The van der Waals surface area contributed by atoms with E-state index in [-0.39, 0.29) is 11.9 Å². The Bertz CT molecular complexity index is 499. The van der Waals surface area contributed by atoms with Gasteiger partial charge in [-0.1, -0.05) is 36.7 Å². The minimum Gasteiger partial charge on any atom is -0.324 e. The van der Waals surface area contributed by atoms with Gasteiger partial charge in [0.25, 0.3) is 0 Å². The molecule has 0 bridgehead atoms. The zero-order chi connectivity index (χ0) is 15.3. The predicted molar refractivity (Wildman–Crippen MR) is 86.3 cm³/mol. The smallest absolute Gasteiger partial charge is 0.241 e. The van der Waals surface area contributed by atoms with E-state index >= 15 is 0 Å². The average molecular weight is 295 g/mol. The summed E-state index contributed by atoms with van der Waals surface area (Å²) in [5.74, 6) is -0.0292. The van der Waals surface area contributed by atoms with Crippen molar-refractivity contribution in [1.82, 2.24) is 4.90 Å². The number of carbonyl (C=O) groups excluding carboxylic acids is 1. The fraction of sp³-hybridized carbons (Fsp3) is 0.438. The molecule has 1 N–H and O–H groups in total. The van der Waals surface area contributed by atoms with E-state index in [4.69, 9.17) is 11.6 Å². The van der Waals surface area contributed by atoms with Crippen LogP contribution in [0.25, 0.3) is 0 Å². The number of hydrogen-bond acceptors (Lipinski definition) is 2. The van der Waals surface area contributed by atoms with Crippen LogP contribution in [0.5, 0.6) is 0 Å². The lowest BCUT2D eigenvalue weighted by molar-refractivity contribution is -0.120. The summed E-state index contributed by atoms with van der Waals surface area (Å²) in [5, 5.41) is 3.60. The molecule has 0 saturated carbocycles. The molecule has 0 fully saturated rings. The summed E-state index contributed by atoms with van der Waals surface area (Å²) in [6.45, 7) is 13.2. The Kier molecular flexibility index (Phi) is 6.24. The second-order valence-corrected chi connectivity index (χ2v) is 5.51. The lowest BCUT2D eigenvalue weighted by Crippen LogP contribution is -2.42. The third kappa shape index (κ3) is 4.36. The number of rotatable bonds is 6. The molecule has 1 atom stereocenters. The molecule has 0 heterocycles. The lowest BCUT2D eigenvalue weighted by Gasteiger charge is -2.27. The quantitative estimate of drug-likeness (QED) is 0.808. The van der Waals surface area contributed by atoms with Crippen LogP contribution < -0.4 is 5.32 Å². The van der Waals surface area contributed by atoms with E-state index in [0.29, 0.717) is 5.02 Å².